The molecule has 1 saturated carbocycles. The van der Waals surface area contributed by atoms with Gasteiger partial charge in [-0.1, -0.05) is 12.8 Å². The fourth-order valence-corrected chi connectivity index (χ4v) is 4.28. The molecule has 6 nitrogen and oxygen atoms in total. The van der Waals surface area contributed by atoms with Crippen LogP contribution in [0.5, 0.6) is 0 Å². The van der Waals surface area contributed by atoms with Crippen molar-refractivity contribution in [2.24, 2.45) is 0 Å². The Hall–Kier alpha value is -1.69. The van der Waals surface area contributed by atoms with Crippen LogP contribution in [0, 0.1) is 0 Å². The quantitative estimate of drug-likeness (QED) is 0.864. The second kappa shape index (κ2) is 6.31. The molecule has 3 heterocycles. The van der Waals surface area contributed by atoms with Gasteiger partial charge in [-0.3, -0.25) is 4.90 Å². The van der Waals surface area contributed by atoms with Crippen LogP contribution in [0.25, 0.3) is 0 Å². The van der Waals surface area contributed by atoms with Crippen LogP contribution >= 0.6 is 0 Å². The van der Waals surface area contributed by atoms with Crippen molar-refractivity contribution in [3.63, 3.8) is 0 Å². The lowest BCUT2D eigenvalue weighted by Gasteiger charge is -2.34. The van der Waals surface area contributed by atoms with Crippen molar-refractivity contribution in [1.29, 1.82) is 0 Å². The second-order valence-electron chi connectivity index (χ2n) is 7.58. The Morgan fingerprint density at radius 3 is 2.62 bits per heavy atom. The molecule has 6 heteroatoms. The summed E-state index contributed by atoms with van der Waals surface area (Å²) in [6.45, 7) is 9.65. The fourth-order valence-electron chi connectivity index (χ4n) is 4.28. The predicted molar refractivity (Wildman–Crippen MR) is 92.7 cm³/mol. The molecule has 0 amide bonds. The molecule has 4 rings (SSSR count). The van der Waals surface area contributed by atoms with Gasteiger partial charge in [0, 0.05) is 37.8 Å². The van der Waals surface area contributed by atoms with Gasteiger partial charge in [0.25, 0.3) is 0 Å². The molecule has 2 aromatic heterocycles. The Bertz CT molecular complexity index is 694. The first-order chi connectivity index (χ1) is 11.6. The zero-order valence-corrected chi connectivity index (χ0v) is 15.0. The summed E-state index contributed by atoms with van der Waals surface area (Å²) in [6, 6.07) is 0.747. The van der Waals surface area contributed by atoms with Gasteiger partial charge in [0.15, 0.2) is 0 Å². The van der Waals surface area contributed by atoms with Gasteiger partial charge in [-0.05, 0) is 33.6 Å². The van der Waals surface area contributed by atoms with E-state index in [2.05, 4.69) is 50.0 Å². The molecule has 130 valence electrons. The zero-order chi connectivity index (χ0) is 16.7. The third-order valence-electron chi connectivity index (χ3n) is 5.73. The molecule has 1 atom stereocenters. The van der Waals surface area contributed by atoms with Gasteiger partial charge in [0.1, 0.15) is 11.6 Å². The minimum Gasteiger partial charge on any atom is -0.331 e. The Labute approximate surface area is 143 Å². The third kappa shape index (κ3) is 2.66. The van der Waals surface area contributed by atoms with Crippen LogP contribution in [0.3, 0.4) is 0 Å². The van der Waals surface area contributed by atoms with Gasteiger partial charge in [0.2, 0.25) is 0 Å². The van der Waals surface area contributed by atoms with E-state index in [1.165, 1.54) is 37.2 Å². The summed E-state index contributed by atoms with van der Waals surface area (Å²) in [6.07, 6.45) is 9.18. The highest BCUT2D eigenvalue weighted by atomic mass is 15.4. The lowest BCUT2D eigenvalue weighted by molar-refractivity contribution is 0.150. The number of aromatic nitrogens is 5. The van der Waals surface area contributed by atoms with E-state index in [9.17, 15) is 0 Å². The lowest BCUT2D eigenvalue weighted by atomic mass is 10.1. The highest BCUT2D eigenvalue weighted by Crippen LogP contribution is 2.35. The lowest BCUT2D eigenvalue weighted by Crippen LogP contribution is -2.37. The molecule has 2 aliphatic rings. The van der Waals surface area contributed by atoms with E-state index in [1.807, 2.05) is 12.5 Å². The SMILES string of the molecule is CC(C)n1cncc1CN1CCn2c(C3CCCC3)nnc2[C@H]1C. The highest BCUT2D eigenvalue weighted by molar-refractivity contribution is 5.10. The van der Waals surface area contributed by atoms with Gasteiger partial charge >= 0.3 is 0 Å². The summed E-state index contributed by atoms with van der Waals surface area (Å²) in [7, 11) is 0. The van der Waals surface area contributed by atoms with E-state index in [0.717, 1.165) is 25.5 Å². The average Bonchev–Trinajstić information content (AvgIpc) is 3.28. The molecule has 0 aromatic carbocycles. The first-order valence-corrected chi connectivity index (χ1v) is 9.33. The van der Waals surface area contributed by atoms with Gasteiger partial charge in [-0.2, -0.15) is 0 Å². The number of rotatable bonds is 4. The molecule has 0 bridgehead atoms. The number of hydrogen-bond donors (Lipinski definition) is 0. The van der Waals surface area contributed by atoms with Crippen molar-refractivity contribution in [2.75, 3.05) is 6.54 Å². The third-order valence-corrected chi connectivity index (χ3v) is 5.73. The van der Waals surface area contributed by atoms with Gasteiger partial charge < -0.3 is 9.13 Å². The number of nitrogens with zero attached hydrogens (tertiary/aromatic N) is 6. The summed E-state index contributed by atoms with van der Waals surface area (Å²) in [5.41, 5.74) is 1.28. The Kier molecular flexibility index (Phi) is 4.16. The van der Waals surface area contributed by atoms with Crippen LogP contribution in [0.1, 0.15) is 81.8 Å². The maximum absolute atomic E-state index is 4.58. The van der Waals surface area contributed by atoms with Crippen LogP contribution in [0.15, 0.2) is 12.5 Å². The van der Waals surface area contributed by atoms with Crippen molar-refractivity contribution >= 4 is 0 Å². The molecular weight excluding hydrogens is 300 g/mol. The average molecular weight is 328 g/mol. The first-order valence-electron chi connectivity index (χ1n) is 9.33. The maximum Gasteiger partial charge on any atom is 0.150 e. The van der Waals surface area contributed by atoms with Crippen molar-refractivity contribution in [3.05, 3.63) is 29.9 Å². The van der Waals surface area contributed by atoms with Crippen molar-refractivity contribution < 1.29 is 0 Å². The van der Waals surface area contributed by atoms with Gasteiger partial charge in [-0.15, -0.1) is 10.2 Å². The van der Waals surface area contributed by atoms with Crippen LogP contribution < -0.4 is 0 Å². The minimum absolute atomic E-state index is 0.303. The summed E-state index contributed by atoms with van der Waals surface area (Å²) in [4.78, 5) is 6.84. The largest absolute Gasteiger partial charge is 0.331 e. The molecule has 1 aliphatic carbocycles. The van der Waals surface area contributed by atoms with E-state index in [-0.39, 0.29) is 0 Å². The summed E-state index contributed by atoms with van der Waals surface area (Å²) in [5.74, 6) is 3.01. The maximum atomic E-state index is 4.58. The molecule has 0 saturated heterocycles. The minimum atomic E-state index is 0.303. The van der Waals surface area contributed by atoms with E-state index < -0.39 is 0 Å². The van der Waals surface area contributed by atoms with Crippen LogP contribution in [0.2, 0.25) is 0 Å². The van der Waals surface area contributed by atoms with Gasteiger partial charge in [-0.25, -0.2) is 4.98 Å². The molecule has 0 unspecified atom stereocenters. The standard InChI is InChI=1S/C18H28N6/c1-13(2)24-12-19-10-16(24)11-22-8-9-23-17(14(22)3)20-21-18(23)15-6-4-5-7-15/h10,12-15H,4-9,11H2,1-3H3/t14-/m1/s1. The van der Waals surface area contributed by atoms with Crippen molar-refractivity contribution in [3.8, 4) is 0 Å². The molecule has 1 aliphatic heterocycles. The van der Waals surface area contributed by atoms with E-state index in [1.54, 1.807) is 0 Å². The number of hydrogen-bond acceptors (Lipinski definition) is 4. The molecule has 2 aromatic rings. The fraction of sp³-hybridized carbons (Fsp3) is 0.722. The molecule has 1 fully saturated rings. The molecule has 0 spiro atoms. The highest BCUT2D eigenvalue weighted by Gasteiger charge is 2.31. The Morgan fingerprint density at radius 2 is 1.88 bits per heavy atom. The monoisotopic (exact) mass is 328 g/mol. The molecular formula is C18H28N6. The Balaban J connectivity index is 1.54. The first kappa shape index (κ1) is 15.8. The molecule has 0 radical (unpaired) electrons. The normalized spacial score (nSPS) is 22.4. The summed E-state index contributed by atoms with van der Waals surface area (Å²) < 4.78 is 4.66. The van der Waals surface area contributed by atoms with Crippen LogP contribution in [0.4, 0.5) is 0 Å². The van der Waals surface area contributed by atoms with Crippen molar-refractivity contribution in [2.45, 2.75) is 77.5 Å². The van der Waals surface area contributed by atoms with Crippen LogP contribution in [-0.4, -0.2) is 35.8 Å². The van der Waals surface area contributed by atoms with Gasteiger partial charge in [0.05, 0.1) is 18.1 Å². The predicted octanol–water partition coefficient (Wildman–Crippen LogP) is 3.29. The zero-order valence-electron chi connectivity index (χ0n) is 15.0. The number of imidazole rings is 1. The topological polar surface area (TPSA) is 51.8 Å². The summed E-state index contributed by atoms with van der Waals surface area (Å²) >= 11 is 0. The van der Waals surface area contributed by atoms with E-state index >= 15 is 0 Å². The number of fused-ring (bicyclic) bond motifs is 1. The van der Waals surface area contributed by atoms with Crippen molar-refractivity contribution in [1.82, 2.24) is 29.2 Å². The van der Waals surface area contributed by atoms with Crippen LogP contribution in [-0.2, 0) is 13.1 Å². The smallest absolute Gasteiger partial charge is 0.150 e. The molecule has 24 heavy (non-hydrogen) atoms. The summed E-state index contributed by atoms with van der Waals surface area (Å²) in [5, 5.41) is 9.14. The molecule has 0 N–H and O–H groups in total. The second-order valence-corrected chi connectivity index (χ2v) is 7.58. The van der Waals surface area contributed by atoms with E-state index in [0.29, 0.717) is 18.0 Å². The van der Waals surface area contributed by atoms with E-state index in [4.69, 9.17) is 0 Å². The Morgan fingerprint density at radius 1 is 1.12 bits per heavy atom.